The van der Waals surface area contributed by atoms with E-state index in [1.165, 1.54) is 6.08 Å². The number of pyridine rings is 1. The molecule has 2 aliphatic rings. The Bertz CT molecular complexity index is 1640. The minimum atomic E-state index is -0.974. The van der Waals surface area contributed by atoms with Gasteiger partial charge in [-0.1, -0.05) is 13.3 Å². The van der Waals surface area contributed by atoms with Crippen molar-refractivity contribution in [2.24, 2.45) is 5.92 Å². The maximum atomic E-state index is 14.8. The molecule has 200 valence electrons. The Morgan fingerprint density at radius 1 is 1.05 bits per heavy atom. The van der Waals surface area contributed by atoms with Crippen molar-refractivity contribution in [3.05, 3.63) is 88.8 Å². The Balaban J connectivity index is 1.55. The average molecular weight is 538 g/mol. The predicted octanol–water partition coefficient (Wildman–Crippen LogP) is 5.89. The van der Waals surface area contributed by atoms with Crippen LogP contribution in [0.4, 0.5) is 14.5 Å². The maximum absolute atomic E-state index is 14.8. The lowest BCUT2D eigenvalue weighted by Crippen LogP contribution is -2.38. The van der Waals surface area contributed by atoms with Gasteiger partial charge in [-0.15, -0.1) is 0 Å². The Morgan fingerprint density at radius 2 is 1.88 bits per heavy atom. The summed E-state index contributed by atoms with van der Waals surface area (Å²) in [6, 6.07) is 14.2. The molecular weight excluding hydrogens is 512 g/mol. The number of nitrogens with zero attached hydrogens (tertiary/aromatic N) is 4. The monoisotopic (exact) mass is 537 g/mol. The van der Waals surface area contributed by atoms with Crippen molar-refractivity contribution in [3.63, 3.8) is 0 Å². The van der Waals surface area contributed by atoms with E-state index in [1.54, 1.807) is 41.4 Å². The molecule has 2 unspecified atom stereocenters. The molecule has 3 aromatic rings. The molecule has 7 nitrogen and oxygen atoms in total. The first-order valence-electron chi connectivity index (χ1n) is 13.0. The summed E-state index contributed by atoms with van der Waals surface area (Å²) < 4.78 is 29.4. The summed E-state index contributed by atoms with van der Waals surface area (Å²) in [6.45, 7) is 2.04. The molecule has 9 heteroatoms. The lowest BCUT2D eigenvalue weighted by molar-refractivity contribution is -0.129. The van der Waals surface area contributed by atoms with Crippen LogP contribution in [0.1, 0.15) is 61.0 Å². The van der Waals surface area contributed by atoms with Crippen molar-refractivity contribution in [2.75, 3.05) is 11.9 Å². The third-order valence-electron chi connectivity index (χ3n) is 7.51. The summed E-state index contributed by atoms with van der Waals surface area (Å²) in [7, 11) is 0. The summed E-state index contributed by atoms with van der Waals surface area (Å²) in [5.41, 5.74) is 2.61. The van der Waals surface area contributed by atoms with Gasteiger partial charge in [-0.3, -0.25) is 14.6 Å². The highest BCUT2D eigenvalue weighted by Gasteiger charge is 2.31. The Labute approximate surface area is 230 Å². The smallest absolute Gasteiger partial charge is 0.247 e. The number of benzene rings is 2. The number of nitriles is 2. The van der Waals surface area contributed by atoms with Crippen LogP contribution in [-0.2, 0) is 9.59 Å². The van der Waals surface area contributed by atoms with Crippen molar-refractivity contribution < 1.29 is 18.4 Å². The summed E-state index contributed by atoms with van der Waals surface area (Å²) in [6.07, 6.45) is 4.80. The van der Waals surface area contributed by atoms with Crippen molar-refractivity contribution in [1.29, 1.82) is 10.5 Å². The van der Waals surface area contributed by atoms with E-state index in [9.17, 15) is 23.6 Å². The number of aromatic nitrogens is 1. The van der Waals surface area contributed by atoms with Crippen LogP contribution in [-0.4, -0.2) is 28.2 Å². The number of fused-ring (bicyclic) bond motifs is 4. The quantitative estimate of drug-likeness (QED) is 0.439. The largest absolute Gasteiger partial charge is 0.330 e. The van der Waals surface area contributed by atoms with Gasteiger partial charge in [0.1, 0.15) is 11.9 Å². The first kappa shape index (κ1) is 26.7. The van der Waals surface area contributed by atoms with E-state index in [2.05, 4.69) is 16.4 Å². The lowest BCUT2D eigenvalue weighted by Gasteiger charge is -2.34. The van der Waals surface area contributed by atoms with E-state index >= 15 is 0 Å². The number of anilines is 1. The second kappa shape index (κ2) is 11.1. The lowest BCUT2D eigenvalue weighted by atomic mass is 9.92. The van der Waals surface area contributed by atoms with Crippen molar-refractivity contribution >= 4 is 23.1 Å². The van der Waals surface area contributed by atoms with Gasteiger partial charge in [-0.05, 0) is 72.9 Å². The molecule has 2 atom stereocenters. The van der Waals surface area contributed by atoms with Crippen LogP contribution in [0.5, 0.6) is 0 Å². The molecule has 0 saturated carbocycles. The number of carbonyl (C=O) groups excluding carboxylic acids is 2. The van der Waals surface area contributed by atoms with Gasteiger partial charge in [-0.25, -0.2) is 8.78 Å². The van der Waals surface area contributed by atoms with E-state index in [0.29, 0.717) is 41.8 Å². The van der Waals surface area contributed by atoms with Gasteiger partial charge in [0.2, 0.25) is 11.8 Å². The molecule has 2 amide bonds. The first-order valence-corrected chi connectivity index (χ1v) is 13.0. The van der Waals surface area contributed by atoms with Gasteiger partial charge in [0.25, 0.3) is 0 Å². The molecule has 0 saturated heterocycles. The zero-order valence-electron chi connectivity index (χ0n) is 21.7. The minimum Gasteiger partial charge on any atom is -0.330 e. The number of carbonyl (C=O) groups is 2. The molecule has 0 spiro atoms. The third-order valence-corrected chi connectivity index (χ3v) is 7.51. The van der Waals surface area contributed by atoms with Gasteiger partial charge in [0, 0.05) is 36.0 Å². The summed E-state index contributed by atoms with van der Waals surface area (Å²) in [5.74, 6) is -2.64. The van der Waals surface area contributed by atoms with E-state index in [-0.39, 0.29) is 41.5 Å². The van der Waals surface area contributed by atoms with Crippen LogP contribution >= 0.6 is 0 Å². The number of hydrogen-bond acceptors (Lipinski definition) is 5. The Morgan fingerprint density at radius 3 is 2.62 bits per heavy atom. The second-order valence-electron chi connectivity index (χ2n) is 10.0. The fraction of sp³-hybridized carbons (Fsp3) is 0.258. The van der Waals surface area contributed by atoms with Crippen LogP contribution in [0.3, 0.4) is 0 Å². The number of halogens is 2. The van der Waals surface area contributed by atoms with Crippen molar-refractivity contribution in [2.45, 2.75) is 38.6 Å². The predicted molar refractivity (Wildman–Crippen MR) is 144 cm³/mol. The third kappa shape index (κ3) is 5.06. The molecule has 40 heavy (non-hydrogen) atoms. The fourth-order valence-corrected chi connectivity index (χ4v) is 5.32. The van der Waals surface area contributed by atoms with Crippen LogP contribution < -0.4 is 5.32 Å². The molecule has 2 bridgehead atoms. The zero-order valence-corrected chi connectivity index (χ0v) is 21.7. The Hall–Kier alpha value is -4.89. The van der Waals surface area contributed by atoms with Crippen molar-refractivity contribution in [3.8, 4) is 23.3 Å². The highest BCUT2D eigenvalue weighted by molar-refractivity contribution is 5.98. The van der Waals surface area contributed by atoms with Crippen LogP contribution in [0.15, 0.2) is 54.7 Å². The summed E-state index contributed by atoms with van der Waals surface area (Å²) in [4.78, 5) is 32.6. The molecule has 2 aliphatic heterocycles. The number of hydrogen-bond donors (Lipinski definition) is 1. The molecule has 3 heterocycles. The zero-order chi connectivity index (χ0) is 28.4. The normalized spacial score (nSPS) is 19.2. The average Bonchev–Trinajstić information content (AvgIpc) is 2.95. The number of amides is 2. The molecule has 0 radical (unpaired) electrons. The molecule has 2 aromatic carbocycles. The SMILES string of the molecule is CC1CCCC(N2CCC(c3c(F)ccc(C#N)c3F)=CC2=O)c2cc(ccn2)-c2cc(C#N)ccc2NC1=O. The van der Waals surface area contributed by atoms with E-state index in [4.69, 9.17) is 5.26 Å². The maximum Gasteiger partial charge on any atom is 0.247 e. The van der Waals surface area contributed by atoms with E-state index < -0.39 is 23.6 Å². The second-order valence-corrected chi connectivity index (χ2v) is 10.0. The molecule has 1 N–H and O–H groups in total. The highest BCUT2D eigenvalue weighted by Crippen LogP contribution is 2.37. The fourth-order valence-electron chi connectivity index (χ4n) is 5.32. The van der Waals surface area contributed by atoms with Gasteiger partial charge in [-0.2, -0.15) is 10.5 Å². The standard InChI is InChI=1S/C31H25F2N5O2/c1-18-3-2-4-27(38-12-10-21(15-28(38)39)29-24(32)7-6-22(17-35)30(29)33)26-14-20(9-11-36-26)23-13-19(16-34)5-8-25(23)37-31(18)40/h5-9,11,13-15,18,27H,2-4,10,12H2,1H3,(H,37,40). The highest BCUT2D eigenvalue weighted by atomic mass is 19.1. The Kier molecular flexibility index (Phi) is 7.39. The van der Waals surface area contributed by atoms with Crippen LogP contribution in [0.25, 0.3) is 16.7 Å². The topological polar surface area (TPSA) is 110 Å². The van der Waals surface area contributed by atoms with E-state index in [1.807, 2.05) is 13.0 Å². The summed E-state index contributed by atoms with van der Waals surface area (Å²) >= 11 is 0. The molecule has 5 rings (SSSR count). The van der Waals surface area contributed by atoms with Gasteiger partial charge >= 0.3 is 0 Å². The number of nitrogens with one attached hydrogen (secondary N) is 1. The van der Waals surface area contributed by atoms with E-state index in [0.717, 1.165) is 17.7 Å². The number of rotatable bonds is 2. The van der Waals surface area contributed by atoms with Crippen LogP contribution in [0, 0.1) is 40.2 Å². The van der Waals surface area contributed by atoms with Gasteiger partial charge in [0.05, 0.1) is 34.5 Å². The van der Waals surface area contributed by atoms with Gasteiger partial charge < -0.3 is 10.2 Å². The van der Waals surface area contributed by atoms with Crippen LogP contribution in [0.2, 0.25) is 0 Å². The molecule has 0 fully saturated rings. The minimum absolute atomic E-state index is 0.136. The van der Waals surface area contributed by atoms with Crippen molar-refractivity contribution in [1.82, 2.24) is 9.88 Å². The molecule has 1 aromatic heterocycles. The molecular formula is C31H25F2N5O2. The molecule has 0 aliphatic carbocycles. The summed E-state index contributed by atoms with van der Waals surface area (Å²) in [5, 5.41) is 21.6. The van der Waals surface area contributed by atoms with Gasteiger partial charge in [0.15, 0.2) is 5.82 Å². The first-order chi connectivity index (χ1) is 19.3.